The van der Waals surface area contributed by atoms with Crippen LogP contribution >= 0.6 is 0 Å². The normalized spacial score (nSPS) is 24.7. The second-order valence-electron chi connectivity index (χ2n) is 17.6. The van der Waals surface area contributed by atoms with Crippen molar-refractivity contribution in [2.75, 3.05) is 11.9 Å². The fraction of sp³-hybridized carbons (Fsp3) is 0.426. The first kappa shape index (κ1) is 44.1. The lowest BCUT2D eigenvalue weighted by atomic mass is 10.0. The third kappa shape index (κ3) is 9.35. The maximum atomic E-state index is 14.9. The molecule has 0 unspecified atom stereocenters. The molecule has 0 spiro atoms. The fourth-order valence-electron chi connectivity index (χ4n) is 8.72. The first-order chi connectivity index (χ1) is 31.1. The molecule has 3 aromatic carbocycles. The molecule has 65 heavy (non-hydrogen) atoms. The van der Waals surface area contributed by atoms with Crippen LogP contribution in [0.5, 0.6) is 11.6 Å². The predicted octanol–water partition coefficient (Wildman–Crippen LogP) is 7.68. The Bertz CT molecular complexity index is 2780. The van der Waals surface area contributed by atoms with Gasteiger partial charge in [-0.3, -0.25) is 19.1 Å². The first-order valence-electron chi connectivity index (χ1n) is 22.0. The van der Waals surface area contributed by atoms with Gasteiger partial charge in [0.2, 0.25) is 27.4 Å². The summed E-state index contributed by atoms with van der Waals surface area (Å²) in [4.78, 5) is 54.5. The van der Waals surface area contributed by atoms with Gasteiger partial charge in [0.05, 0.1) is 23.5 Å². The van der Waals surface area contributed by atoms with Crippen LogP contribution in [-0.4, -0.2) is 82.6 Å². The van der Waals surface area contributed by atoms with Gasteiger partial charge in [0.1, 0.15) is 40.6 Å². The second kappa shape index (κ2) is 17.3. The van der Waals surface area contributed by atoms with Crippen LogP contribution < -0.4 is 24.8 Å². The number of hydrogen-bond acceptors (Lipinski definition) is 11. The highest BCUT2D eigenvalue weighted by atomic mass is 32.2. The Morgan fingerprint density at radius 3 is 2.52 bits per heavy atom. The van der Waals surface area contributed by atoms with Gasteiger partial charge >= 0.3 is 6.18 Å². The molecule has 2 aliphatic carbocycles. The number of rotatable bonds is 10. The van der Waals surface area contributed by atoms with E-state index in [0.717, 1.165) is 12.1 Å². The number of benzene rings is 3. The molecule has 2 saturated carbocycles. The van der Waals surface area contributed by atoms with E-state index >= 15 is 0 Å². The number of aromatic nitrogens is 2. The van der Waals surface area contributed by atoms with Gasteiger partial charge in [-0.1, -0.05) is 43.2 Å². The molecule has 4 aliphatic rings. The summed E-state index contributed by atoms with van der Waals surface area (Å²) in [6.07, 6.45) is 1.85. The quantitative estimate of drug-likeness (QED) is 0.117. The van der Waals surface area contributed by atoms with Gasteiger partial charge in [0, 0.05) is 29.0 Å². The average molecular weight is 915 g/mol. The van der Waals surface area contributed by atoms with Crippen molar-refractivity contribution in [2.45, 2.75) is 113 Å². The number of nitrogens with one attached hydrogen (secondary N) is 3. The number of hydrogen-bond donors (Lipinski definition) is 3. The first-order valence-corrected chi connectivity index (χ1v) is 23.5. The highest BCUT2D eigenvalue weighted by Crippen LogP contribution is 2.46. The van der Waals surface area contributed by atoms with Crippen molar-refractivity contribution in [2.24, 2.45) is 5.92 Å². The van der Waals surface area contributed by atoms with Gasteiger partial charge in [0.25, 0.3) is 11.8 Å². The van der Waals surface area contributed by atoms with Gasteiger partial charge in [0.15, 0.2) is 5.82 Å². The summed E-state index contributed by atoms with van der Waals surface area (Å²) >= 11 is 0. The van der Waals surface area contributed by atoms with E-state index in [0.29, 0.717) is 72.1 Å². The van der Waals surface area contributed by atoms with Crippen LogP contribution in [0.3, 0.4) is 0 Å². The topological polar surface area (TPSA) is 182 Å². The van der Waals surface area contributed by atoms with Crippen LogP contribution in [0.4, 0.5) is 18.9 Å². The number of halogens is 3. The molecule has 0 radical (unpaired) electrons. The molecule has 18 heteroatoms. The second-order valence-corrected chi connectivity index (χ2v) is 19.6. The molecule has 5 aromatic rings. The number of carbonyl (C=O) groups excluding carboxylic acids is 3. The van der Waals surface area contributed by atoms with E-state index in [1.807, 2.05) is 68.5 Å². The Morgan fingerprint density at radius 2 is 1.77 bits per heavy atom. The summed E-state index contributed by atoms with van der Waals surface area (Å²) in [5.41, 5.74) is -0.539. The molecule has 9 rings (SSSR count). The van der Waals surface area contributed by atoms with Crippen LogP contribution in [0.1, 0.15) is 77.2 Å². The van der Waals surface area contributed by atoms with Crippen LogP contribution in [-0.2, 0) is 30.6 Å². The van der Waals surface area contributed by atoms with Gasteiger partial charge in [-0.05, 0) is 107 Å². The average Bonchev–Trinajstić information content (AvgIpc) is 4.17. The van der Waals surface area contributed by atoms with E-state index in [4.69, 9.17) is 23.9 Å². The molecule has 1 saturated heterocycles. The van der Waals surface area contributed by atoms with E-state index in [-0.39, 0.29) is 49.1 Å². The minimum atomic E-state index is -4.63. The Balaban J connectivity index is 1.07. The molecule has 2 aliphatic heterocycles. The molecule has 14 nitrogen and oxygen atoms in total. The SMILES string of the molecule is CC(C)Oc1ccc(-c2nc(O[C@@H]3C[C@H]4C(=O)N[C@]5(C(=O)NS(=O)(=O)C6CC6)C[C@H]5/C=C\CCCCC[C@H](Nc5cccc(C(F)(F)F)c5)C(=O)N4C3)c3oc4ccccc4c3n2)cc1. The largest absolute Gasteiger partial charge is 0.491 e. The van der Waals surface area contributed by atoms with Crippen molar-refractivity contribution in [3.63, 3.8) is 0 Å². The number of sulfonamides is 1. The van der Waals surface area contributed by atoms with Crippen LogP contribution in [0.2, 0.25) is 0 Å². The Kier molecular flexibility index (Phi) is 11.7. The van der Waals surface area contributed by atoms with Gasteiger partial charge in [-0.25, -0.2) is 13.4 Å². The lowest BCUT2D eigenvalue weighted by molar-refractivity contribution is -0.140. The predicted molar refractivity (Wildman–Crippen MR) is 235 cm³/mol. The van der Waals surface area contributed by atoms with Crippen molar-refractivity contribution >= 4 is 55.5 Å². The molecular formula is C47H49F3N6O8S. The number of amides is 3. The van der Waals surface area contributed by atoms with Crippen LogP contribution in [0, 0.1) is 5.92 Å². The molecular weight excluding hydrogens is 866 g/mol. The van der Waals surface area contributed by atoms with E-state index in [2.05, 4.69) is 15.4 Å². The third-order valence-electron chi connectivity index (χ3n) is 12.3. The van der Waals surface area contributed by atoms with Crippen molar-refractivity contribution in [1.29, 1.82) is 0 Å². The molecule has 0 bridgehead atoms. The Labute approximate surface area is 373 Å². The monoisotopic (exact) mass is 914 g/mol. The summed E-state index contributed by atoms with van der Waals surface area (Å²) in [6.45, 7) is 3.70. The number of fused-ring (bicyclic) bond motifs is 5. The lowest BCUT2D eigenvalue weighted by Crippen LogP contribution is -2.57. The number of carbonyl (C=O) groups is 3. The molecule has 3 fully saturated rings. The van der Waals surface area contributed by atoms with Crippen molar-refractivity contribution < 1.29 is 49.9 Å². The summed E-state index contributed by atoms with van der Waals surface area (Å²) in [5, 5.41) is 5.92. The van der Waals surface area contributed by atoms with E-state index in [9.17, 15) is 36.0 Å². The molecule has 342 valence electrons. The highest BCUT2D eigenvalue weighted by Gasteiger charge is 2.62. The number of alkyl halides is 3. The number of allylic oxidation sites excluding steroid dienone is 1. The number of furan rings is 1. The van der Waals surface area contributed by atoms with Crippen molar-refractivity contribution in [3.8, 4) is 23.0 Å². The van der Waals surface area contributed by atoms with E-state index in [1.54, 1.807) is 6.07 Å². The summed E-state index contributed by atoms with van der Waals surface area (Å²) in [7, 11) is -3.97. The van der Waals surface area contributed by atoms with Crippen molar-refractivity contribution in [1.82, 2.24) is 24.9 Å². The Hall–Kier alpha value is -6.17. The molecule has 3 N–H and O–H groups in total. The smallest absolute Gasteiger partial charge is 0.416 e. The van der Waals surface area contributed by atoms with Crippen molar-refractivity contribution in [3.05, 3.63) is 90.5 Å². The number of nitrogens with zero attached hydrogens (tertiary/aromatic N) is 3. The standard InChI is InChI=1S/C47H49F3N6O8S/c1-27(2)62-32-19-17-28(18-20-32)41-52-39-35-14-8-9-16-38(35)64-40(39)43(53-41)63-33-24-37-42(57)54-46(45(59)55-65(60,61)34-21-22-34)25-30(46)11-6-4-3-5-7-15-36(44(58)56(37)26-33)51-31-13-10-12-29(23-31)47(48,49)50/h6,8-14,16-20,23,27,30,33-34,36-37,51H,3-5,7,15,21-22,24-26H2,1-2H3,(H,54,57)(H,55,59)/b11-6-/t30-,33-,36+,37+,46-/m1/s1. The number of ether oxygens (including phenoxy) is 2. The van der Waals surface area contributed by atoms with Gasteiger partial charge < -0.3 is 29.4 Å². The Morgan fingerprint density at radius 1 is 0.985 bits per heavy atom. The molecule has 3 amide bonds. The van der Waals surface area contributed by atoms with E-state index < -0.39 is 74.4 Å². The number of anilines is 1. The molecule has 5 atom stereocenters. The summed E-state index contributed by atoms with van der Waals surface area (Å²) < 4.78 is 88.4. The fourth-order valence-corrected chi connectivity index (χ4v) is 10.1. The lowest BCUT2D eigenvalue weighted by Gasteiger charge is -2.30. The van der Waals surface area contributed by atoms with Crippen LogP contribution in [0.25, 0.3) is 33.5 Å². The third-order valence-corrected chi connectivity index (χ3v) is 14.1. The van der Waals surface area contributed by atoms with Gasteiger partial charge in [-0.15, -0.1) is 0 Å². The zero-order valence-corrected chi connectivity index (χ0v) is 36.6. The maximum Gasteiger partial charge on any atom is 0.416 e. The highest BCUT2D eigenvalue weighted by molar-refractivity contribution is 7.91. The minimum absolute atomic E-state index is 0.0410. The zero-order chi connectivity index (χ0) is 45.7. The zero-order valence-electron chi connectivity index (χ0n) is 35.8. The molecule has 2 aromatic heterocycles. The minimum Gasteiger partial charge on any atom is -0.491 e. The van der Waals surface area contributed by atoms with Crippen LogP contribution in [0.15, 0.2) is 89.4 Å². The maximum absolute atomic E-state index is 14.9. The molecule has 4 heterocycles. The van der Waals surface area contributed by atoms with E-state index in [1.165, 1.54) is 17.0 Å². The summed E-state index contributed by atoms with van der Waals surface area (Å²) in [6, 6.07) is 16.8. The number of para-hydroxylation sites is 1. The summed E-state index contributed by atoms with van der Waals surface area (Å²) in [5.74, 6) is -1.62. The van der Waals surface area contributed by atoms with Gasteiger partial charge in [-0.2, -0.15) is 18.2 Å².